The van der Waals surface area contributed by atoms with Crippen LogP contribution in [0.15, 0.2) is 0 Å². The first-order valence-corrected chi connectivity index (χ1v) is 4.39. The molecule has 0 aromatic carbocycles. The molecule has 0 N–H and O–H groups in total. The fourth-order valence-electron chi connectivity index (χ4n) is 1.40. The van der Waals surface area contributed by atoms with Crippen molar-refractivity contribution in [2.24, 2.45) is 5.92 Å². The fraction of sp³-hybridized carbons (Fsp3) is 0.889. The molecular formula is C9H16O2. The van der Waals surface area contributed by atoms with Crippen LogP contribution in [0.4, 0.5) is 0 Å². The van der Waals surface area contributed by atoms with Crippen LogP contribution in [0.3, 0.4) is 0 Å². The number of hydrogen-bond donors (Lipinski definition) is 0. The second-order valence-electron chi connectivity index (χ2n) is 3.23. The number of carbonyl (C=O) groups is 1. The maximum absolute atomic E-state index is 11.0. The summed E-state index contributed by atoms with van der Waals surface area (Å²) in [6.07, 6.45) is 4.58. The highest BCUT2D eigenvalue weighted by molar-refractivity contribution is 5.78. The summed E-state index contributed by atoms with van der Waals surface area (Å²) >= 11 is 0. The zero-order valence-electron chi connectivity index (χ0n) is 7.14. The van der Waals surface area contributed by atoms with Crippen molar-refractivity contribution in [3.8, 4) is 0 Å². The van der Waals surface area contributed by atoms with E-state index in [0.717, 1.165) is 19.4 Å². The Morgan fingerprint density at radius 2 is 2.18 bits per heavy atom. The molecule has 0 amide bonds. The van der Waals surface area contributed by atoms with Crippen LogP contribution in [0.25, 0.3) is 0 Å². The molecule has 0 radical (unpaired) electrons. The Balaban J connectivity index is 2.32. The maximum Gasteiger partial charge on any atom is 0.135 e. The van der Waals surface area contributed by atoms with Crippen LogP contribution in [0.1, 0.15) is 32.6 Å². The van der Waals surface area contributed by atoms with E-state index < -0.39 is 0 Å². The van der Waals surface area contributed by atoms with Gasteiger partial charge in [-0.05, 0) is 19.8 Å². The van der Waals surface area contributed by atoms with Crippen LogP contribution in [-0.2, 0) is 9.53 Å². The lowest BCUT2D eigenvalue weighted by Gasteiger charge is -2.16. The predicted molar refractivity (Wildman–Crippen MR) is 43.5 cm³/mol. The Kier molecular flexibility index (Phi) is 3.57. The number of carbonyl (C=O) groups excluding carboxylic acids is 1. The van der Waals surface area contributed by atoms with E-state index in [-0.39, 0.29) is 11.7 Å². The third-order valence-corrected chi connectivity index (χ3v) is 2.24. The maximum atomic E-state index is 11.0. The van der Waals surface area contributed by atoms with Crippen LogP contribution >= 0.6 is 0 Å². The smallest absolute Gasteiger partial charge is 0.135 e. The first kappa shape index (κ1) is 8.72. The standard InChI is InChI=1S/C9H16O2/c1-8(10)9-5-3-2-4-6-11-7-9/h9H,2-7H2,1H3. The lowest BCUT2D eigenvalue weighted by molar-refractivity contribution is -0.123. The van der Waals surface area contributed by atoms with Gasteiger partial charge in [0.25, 0.3) is 0 Å². The molecular weight excluding hydrogens is 140 g/mol. The summed E-state index contributed by atoms with van der Waals surface area (Å²) in [4.78, 5) is 11.0. The summed E-state index contributed by atoms with van der Waals surface area (Å²) in [6, 6.07) is 0. The van der Waals surface area contributed by atoms with E-state index in [9.17, 15) is 4.79 Å². The highest BCUT2D eigenvalue weighted by atomic mass is 16.5. The van der Waals surface area contributed by atoms with E-state index in [4.69, 9.17) is 4.74 Å². The monoisotopic (exact) mass is 156 g/mol. The van der Waals surface area contributed by atoms with Gasteiger partial charge in [0, 0.05) is 12.5 Å². The molecule has 0 aliphatic carbocycles. The first-order chi connectivity index (χ1) is 5.30. The SMILES string of the molecule is CC(=O)C1CCCCCOC1. The summed E-state index contributed by atoms with van der Waals surface area (Å²) in [5, 5.41) is 0. The van der Waals surface area contributed by atoms with Crippen LogP contribution in [-0.4, -0.2) is 19.0 Å². The van der Waals surface area contributed by atoms with Crippen molar-refractivity contribution in [2.45, 2.75) is 32.6 Å². The molecule has 1 rings (SSSR count). The molecule has 1 saturated heterocycles. The Labute approximate surface area is 67.9 Å². The van der Waals surface area contributed by atoms with Crippen LogP contribution in [0, 0.1) is 5.92 Å². The van der Waals surface area contributed by atoms with Gasteiger partial charge >= 0.3 is 0 Å². The third kappa shape index (κ3) is 3.02. The van der Waals surface area contributed by atoms with Crippen molar-refractivity contribution < 1.29 is 9.53 Å². The normalized spacial score (nSPS) is 27.2. The molecule has 0 spiro atoms. The highest BCUT2D eigenvalue weighted by Gasteiger charge is 2.15. The molecule has 1 aliphatic heterocycles. The minimum Gasteiger partial charge on any atom is -0.381 e. The second kappa shape index (κ2) is 4.50. The van der Waals surface area contributed by atoms with E-state index in [1.807, 2.05) is 0 Å². The van der Waals surface area contributed by atoms with Crippen molar-refractivity contribution in [3.63, 3.8) is 0 Å². The number of ether oxygens (including phenoxy) is 1. The van der Waals surface area contributed by atoms with Crippen LogP contribution in [0.5, 0.6) is 0 Å². The molecule has 0 aromatic heterocycles. The summed E-state index contributed by atoms with van der Waals surface area (Å²) in [7, 11) is 0. The van der Waals surface area contributed by atoms with Gasteiger partial charge in [0.2, 0.25) is 0 Å². The average Bonchev–Trinajstić information content (AvgIpc) is 1.84. The van der Waals surface area contributed by atoms with Gasteiger partial charge in [-0.1, -0.05) is 12.8 Å². The molecule has 1 atom stereocenters. The van der Waals surface area contributed by atoms with Gasteiger partial charge in [-0.2, -0.15) is 0 Å². The molecule has 2 nitrogen and oxygen atoms in total. The summed E-state index contributed by atoms with van der Waals surface area (Å²) < 4.78 is 5.33. The third-order valence-electron chi connectivity index (χ3n) is 2.24. The molecule has 1 unspecified atom stereocenters. The lowest BCUT2D eigenvalue weighted by Crippen LogP contribution is -2.19. The topological polar surface area (TPSA) is 26.3 Å². The summed E-state index contributed by atoms with van der Waals surface area (Å²) in [5.74, 6) is 0.460. The largest absolute Gasteiger partial charge is 0.381 e. The molecule has 64 valence electrons. The quantitative estimate of drug-likeness (QED) is 0.578. The fourth-order valence-corrected chi connectivity index (χ4v) is 1.40. The minimum atomic E-state index is 0.176. The van der Waals surface area contributed by atoms with Gasteiger partial charge in [-0.25, -0.2) is 0 Å². The zero-order valence-corrected chi connectivity index (χ0v) is 7.14. The molecule has 1 aliphatic rings. The van der Waals surface area contributed by atoms with E-state index in [1.165, 1.54) is 12.8 Å². The van der Waals surface area contributed by atoms with Crippen molar-refractivity contribution in [2.75, 3.05) is 13.2 Å². The van der Waals surface area contributed by atoms with Gasteiger partial charge in [0.15, 0.2) is 0 Å². The predicted octanol–water partition coefficient (Wildman–Crippen LogP) is 1.78. The summed E-state index contributed by atoms with van der Waals surface area (Å²) in [6.45, 7) is 3.15. The highest BCUT2D eigenvalue weighted by Crippen LogP contribution is 2.14. The number of hydrogen-bond acceptors (Lipinski definition) is 2. The van der Waals surface area contributed by atoms with Gasteiger partial charge in [0.1, 0.15) is 5.78 Å². The van der Waals surface area contributed by atoms with Crippen molar-refractivity contribution in [3.05, 3.63) is 0 Å². The Bertz CT molecular complexity index is 124. The van der Waals surface area contributed by atoms with Crippen molar-refractivity contribution in [1.29, 1.82) is 0 Å². The number of Topliss-reactive ketones (excluding diaryl/α,β-unsaturated/α-hetero) is 1. The Morgan fingerprint density at radius 3 is 2.91 bits per heavy atom. The molecule has 0 aromatic rings. The van der Waals surface area contributed by atoms with Gasteiger partial charge in [-0.3, -0.25) is 4.79 Å². The zero-order chi connectivity index (χ0) is 8.10. The molecule has 0 bridgehead atoms. The van der Waals surface area contributed by atoms with Crippen molar-refractivity contribution >= 4 is 5.78 Å². The van der Waals surface area contributed by atoms with E-state index >= 15 is 0 Å². The average molecular weight is 156 g/mol. The molecule has 1 fully saturated rings. The molecule has 0 saturated carbocycles. The number of ketones is 1. The molecule has 2 heteroatoms. The number of rotatable bonds is 1. The van der Waals surface area contributed by atoms with E-state index in [1.54, 1.807) is 6.92 Å². The van der Waals surface area contributed by atoms with E-state index in [2.05, 4.69) is 0 Å². The van der Waals surface area contributed by atoms with Crippen LogP contribution < -0.4 is 0 Å². The lowest BCUT2D eigenvalue weighted by atomic mass is 9.97. The minimum absolute atomic E-state index is 0.176. The van der Waals surface area contributed by atoms with E-state index in [0.29, 0.717) is 6.61 Å². The van der Waals surface area contributed by atoms with Gasteiger partial charge in [0.05, 0.1) is 6.61 Å². The molecule has 1 heterocycles. The van der Waals surface area contributed by atoms with Gasteiger partial charge < -0.3 is 4.74 Å². The summed E-state index contributed by atoms with van der Waals surface area (Å²) in [5.41, 5.74) is 0. The second-order valence-corrected chi connectivity index (χ2v) is 3.23. The first-order valence-electron chi connectivity index (χ1n) is 4.39. The van der Waals surface area contributed by atoms with Gasteiger partial charge in [-0.15, -0.1) is 0 Å². The van der Waals surface area contributed by atoms with Crippen molar-refractivity contribution in [1.82, 2.24) is 0 Å². The van der Waals surface area contributed by atoms with Crippen LogP contribution in [0.2, 0.25) is 0 Å². The molecule has 11 heavy (non-hydrogen) atoms. The Morgan fingerprint density at radius 1 is 1.36 bits per heavy atom. The Hall–Kier alpha value is -0.370.